The number of aromatic nitrogens is 2. The number of ether oxygens (including phenoxy) is 1. The van der Waals surface area contributed by atoms with E-state index < -0.39 is 0 Å². The van der Waals surface area contributed by atoms with Crippen LogP contribution in [0.25, 0.3) is 0 Å². The number of anilines is 1. The quantitative estimate of drug-likeness (QED) is 0.801. The Bertz CT molecular complexity index is 399. The Morgan fingerprint density at radius 1 is 1.35 bits per heavy atom. The van der Waals surface area contributed by atoms with E-state index in [1.54, 1.807) is 12.3 Å². The SMILES string of the molecule is CCCOc1ccnc(NCC2CCCCC2CN)n1. The first kappa shape index (κ1) is 15.0. The van der Waals surface area contributed by atoms with Crippen molar-refractivity contribution in [1.29, 1.82) is 0 Å². The van der Waals surface area contributed by atoms with Crippen LogP contribution in [0.15, 0.2) is 12.3 Å². The monoisotopic (exact) mass is 278 g/mol. The van der Waals surface area contributed by atoms with Gasteiger partial charge in [0.05, 0.1) is 6.61 Å². The molecule has 2 rings (SSSR count). The van der Waals surface area contributed by atoms with E-state index in [1.165, 1.54) is 25.7 Å². The molecule has 0 bridgehead atoms. The Balaban J connectivity index is 1.86. The van der Waals surface area contributed by atoms with Gasteiger partial charge in [0, 0.05) is 18.8 Å². The van der Waals surface area contributed by atoms with E-state index in [4.69, 9.17) is 10.5 Å². The molecule has 0 amide bonds. The van der Waals surface area contributed by atoms with Crippen LogP contribution in [0.4, 0.5) is 5.95 Å². The first-order valence-corrected chi connectivity index (χ1v) is 7.73. The van der Waals surface area contributed by atoms with Gasteiger partial charge in [-0.3, -0.25) is 0 Å². The summed E-state index contributed by atoms with van der Waals surface area (Å²) in [4.78, 5) is 8.62. The highest BCUT2D eigenvalue weighted by Crippen LogP contribution is 2.29. The molecule has 1 aromatic heterocycles. The van der Waals surface area contributed by atoms with Crippen molar-refractivity contribution >= 4 is 5.95 Å². The number of nitrogens with zero attached hydrogens (tertiary/aromatic N) is 2. The third-order valence-electron chi connectivity index (χ3n) is 3.98. The van der Waals surface area contributed by atoms with E-state index >= 15 is 0 Å². The zero-order valence-corrected chi connectivity index (χ0v) is 12.3. The Morgan fingerprint density at radius 3 is 2.90 bits per heavy atom. The van der Waals surface area contributed by atoms with Crippen LogP contribution in [0.2, 0.25) is 0 Å². The van der Waals surface area contributed by atoms with Crippen LogP contribution >= 0.6 is 0 Å². The van der Waals surface area contributed by atoms with Crippen LogP contribution in [0, 0.1) is 11.8 Å². The fraction of sp³-hybridized carbons (Fsp3) is 0.733. The molecule has 112 valence electrons. The van der Waals surface area contributed by atoms with Gasteiger partial charge in [-0.25, -0.2) is 4.98 Å². The zero-order valence-electron chi connectivity index (χ0n) is 12.3. The first-order valence-electron chi connectivity index (χ1n) is 7.73. The largest absolute Gasteiger partial charge is 0.478 e. The molecule has 1 aliphatic carbocycles. The maximum Gasteiger partial charge on any atom is 0.225 e. The minimum atomic E-state index is 0.635. The van der Waals surface area contributed by atoms with Crippen molar-refractivity contribution in [3.8, 4) is 5.88 Å². The molecular formula is C15H26N4O. The number of hydrogen-bond acceptors (Lipinski definition) is 5. The second-order valence-corrected chi connectivity index (χ2v) is 5.49. The molecule has 1 heterocycles. The smallest absolute Gasteiger partial charge is 0.225 e. The molecule has 1 saturated carbocycles. The van der Waals surface area contributed by atoms with Crippen LogP contribution < -0.4 is 15.8 Å². The molecular weight excluding hydrogens is 252 g/mol. The lowest BCUT2D eigenvalue weighted by Crippen LogP contribution is -2.31. The highest BCUT2D eigenvalue weighted by Gasteiger charge is 2.23. The van der Waals surface area contributed by atoms with Gasteiger partial charge in [-0.2, -0.15) is 4.98 Å². The Morgan fingerprint density at radius 2 is 2.15 bits per heavy atom. The van der Waals surface area contributed by atoms with E-state index in [9.17, 15) is 0 Å². The molecule has 1 aliphatic rings. The summed E-state index contributed by atoms with van der Waals surface area (Å²) in [6, 6.07) is 1.80. The summed E-state index contributed by atoms with van der Waals surface area (Å²) in [5, 5.41) is 3.34. The average molecular weight is 278 g/mol. The summed E-state index contributed by atoms with van der Waals surface area (Å²) in [5.41, 5.74) is 5.86. The van der Waals surface area contributed by atoms with Crippen LogP contribution in [0.1, 0.15) is 39.0 Å². The molecule has 20 heavy (non-hydrogen) atoms. The van der Waals surface area contributed by atoms with E-state index in [0.29, 0.717) is 30.3 Å². The van der Waals surface area contributed by atoms with Crippen molar-refractivity contribution in [3.05, 3.63) is 12.3 Å². The van der Waals surface area contributed by atoms with E-state index in [0.717, 1.165) is 19.5 Å². The highest BCUT2D eigenvalue weighted by molar-refractivity contribution is 5.27. The van der Waals surface area contributed by atoms with Crippen LogP contribution in [0.5, 0.6) is 5.88 Å². The number of hydrogen-bond donors (Lipinski definition) is 2. The molecule has 2 unspecified atom stereocenters. The van der Waals surface area contributed by atoms with Crippen molar-refractivity contribution < 1.29 is 4.74 Å². The van der Waals surface area contributed by atoms with E-state index in [1.807, 2.05) is 0 Å². The molecule has 0 aromatic carbocycles. The molecule has 0 aliphatic heterocycles. The van der Waals surface area contributed by atoms with Crippen LogP contribution in [-0.2, 0) is 0 Å². The summed E-state index contributed by atoms with van der Waals surface area (Å²) < 4.78 is 5.52. The van der Waals surface area contributed by atoms with Gasteiger partial charge in [0.25, 0.3) is 0 Å². The van der Waals surface area contributed by atoms with E-state index in [2.05, 4.69) is 22.2 Å². The molecule has 0 spiro atoms. The van der Waals surface area contributed by atoms with Gasteiger partial charge in [-0.05, 0) is 37.6 Å². The van der Waals surface area contributed by atoms with Crippen molar-refractivity contribution in [2.45, 2.75) is 39.0 Å². The normalized spacial score (nSPS) is 22.5. The topological polar surface area (TPSA) is 73.1 Å². The number of nitrogens with two attached hydrogens (primary N) is 1. The molecule has 1 aromatic rings. The summed E-state index contributed by atoms with van der Waals surface area (Å²) in [7, 11) is 0. The van der Waals surface area contributed by atoms with Gasteiger partial charge in [-0.1, -0.05) is 19.8 Å². The van der Waals surface area contributed by atoms with Gasteiger partial charge in [0.1, 0.15) is 0 Å². The van der Waals surface area contributed by atoms with Crippen molar-refractivity contribution in [1.82, 2.24) is 9.97 Å². The van der Waals surface area contributed by atoms with Crippen molar-refractivity contribution in [2.75, 3.05) is 25.0 Å². The lowest BCUT2D eigenvalue weighted by atomic mass is 9.79. The van der Waals surface area contributed by atoms with Gasteiger partial charge in [0.15, 0.2) is 0 Å². The van der Waals surface area contributed by atoms with E-state index in [-0.39, 0.29) is 0 Å². The number of rotatable bonds is 7. The zero-order chi connectivity index (χ0) is 14.2. The fourth-order valence-corrected chi connectivity index (χ4v) is 2.80. The lowest BCUT2D eigenvalue weighted by molar-refractivity contribution is 0.254. The highest BCUT2D eigenvalue weighted by atomic mass is 16.5. The summed E-state index contributed by atoms with van der Waals surface area (Å²) in [5.74, 6) is 2.57. The third kappa shape index (κ3) is 4.34. The maximum absolute atomic E-state index is 5.86. The number of nitrogens with one attached hydrogen (secondary N) is 1. The molecule has 0 radical (unpaired) electrons. The minimum absolute atomic E-state index is 0.635. The van der Waals surface area contributed by atoms with Gasteiger partial charge in [0.2, 0.25) is 11.8 Å². The van der Waals surface area contributed by atoms with Crippen LogP contribution in [-0.4, -0.2) is 29.7 Å². The summed E-state index contributed by atoms with van der Waals surface area (Å²) in [6.07, 6.45) is 7.84. The molecule has 2 atom stereocenters. The van der Waals surface area contributed by atoms with Crippen molar-refractivity contribution in [2.24, 2.45) is 17.6 Å². The molecule has 5 heteroatoms. The predicted molar refractivity (Wildman–Crippen MR) is 80.8 cm³/mol. The predicted octanol–water partition coefficient (Wildman–Crippen LogP) is 2.44. The third-order valence-corrected chi connectivity index (χ3v) is 3.98. The Hall–Kier alpha value is -1.36. The summed E-state index contributed by atoms with van der Waals surface area (Å²) >= 11 is 0. The maximum atomic E-state index is 5.86. The second kappa shape index (κ2) is 8.04. The molecule has 0 saturated heterocycles. The summed E-state index contributed by atoms with van der Waals surface area (Å²) in [6.45, 7) is 4.46. The molecule has 1 fully saturated rings. The van der Waals surface area contributed by atoms with Gasteiger partial charge >= 0.3 is 0 Å². The molecule has 5 nitrogen and oxygen atoms in total. The molecule has 3 N–H and O–H groups in total. The minimum Gasteiger partial charge on any atom is -0.478 e. The standard InChI is InChI=1S/C15H26N4O/c1-2-9-20-14-7-8-17-15(19-14)18-11-13-6-4-3-5-12(13)10-16/h7-8,12-13H,2-6,9-11,16H2,1H3,(H,17,18,19). The van der Waals surface area contributed by atoms with Gasteiger partial charge in [-0.15, -0.1) is 0 Å². The fourth-order valence-electron chi connectivity index (χ4n) is 2.80. The van der Waals surface area contributed by atoms with Crippen LogP contribution in [0.3, 0.4) is 0 Å². The van der Waals surface area contributed by atoms with Gasteiger partial charge < -0.3 is 15.8 Å². The Labute approximate surface area is 121 Å². The lowest BCUT2D eigenvalue weighted by Gasteiger charge is -2.30. The second-order valence-electron chi connectivity index (χ2n) is 5.49. The first-order chi connectivity index (χ1) is 9.83. The Kier molecular flexibility index (Phi) is 6.05. The van der Waals surface area contributed by atoms with Crippen molar-refractivity contribution in [3.63, 3.8) is 0 Å². The average Bonchev–Trinajstić information content (AvgIpc) is 2.51.